The van der Waals surface area contributed by atoms with Gasteiger partial charge in [0.15, 0.2) is 0 Å². The zero-order chi connectivity index (χ0) is 15.2. The van der Waals surface area contributed by atoms with E-state index in [2.05, 4.69) is 5.32 Å². The number of nitrogens with zero attached hydrogens (tertiary/aromatic N) is 1. The molecule has 0 unspecified atom stereocenters. The lowest BCUT2D eigenvalue weighted by atomic mass is 10.1. The topological polar surface area (TPSA) is 78.9 Å². The van der Waals surface area contributed by atoms with Gasteiger partial charge >= 0.3 is 0 Å². The molecule has 0 fully saturated rings. The van der Waals surface area contributed by atoms with Crippen LogP contribution in [-0.2, 0) is 13.1 Å². The van der Waals surface area contributed by atoms with Crippen molar-refractivity contribution in [2.75, 3.05) is 0 Å². The molecule has 2 aromatic rings. The third-order valence-electron chi connectivity index (χ3n) is 3.06. The third kappa shape index (κ3) is 3.88. The van der Waals surface area contributed by atoms with Gasteiger partial charge in [0.05, 0.1) is 11.6 Å². The molecule has 0 aliphatic carbocycles. The standard InChI is InChI=1S/C16H14FN3O/c17-15-6-5-13(16(19)21)7-14(15)10-20-9-12-3-1-11(8-18)2-4-12/h1-7,20H,9-10H2,(H2,19,21). The van der Waals surface area contributed by atoms with Crippen LogP contribution in [-0.4, -0.2) is 5.91 Å². The van der Waals surface area contributed by atoms with E-state index in [0.29, 0.717) is 17.7 Å². The minimum Gasteiger partial charge on any atom is -0.366 e. The molecule has 0 atom stereocenters. The number of nitrogens with two attached hydrogens (primary N) is 1. The van der Waals surface area contributed by atoms with Gasteiger partial charge in [-0.15, -0.1) is 0 Å². The van der Waals surface area contributed by atoms with Crippen LogP contribution in [0.15, 0.2) is 42.5 Å². The molecule has 0 aliphatic rings. The Kier molecular flexibility index (Phi) is 4.64. The van der Waals surface area contributed by atoms with E-state index in [1.807, 2.05) is 18.2 Å². The summed E-state index contributed by atoms with van der Waals surface area (Å²) in [5.41, 5.74) is 7.43. The van der Waals surface area contributed by atoms with Crippen LogP contribution in [0.3, 0.4) is 0 Å². The lowest BCUT2D eigenvalue weighted by Crippen LogP contribution is -2.16. The van der Waals surface area contributed by atoms with E-state index in [9.17, 15) is 9.18 Å². The van der Waals surface area contributed by atoms with Crippen molar-refractivity contribution >= 4 is 5.91 Å². The molecule has 0 spiro atoms. The van der Waals surface area contributed by atoms with Crippen molar-refractivity contribution in [1.29, 1.82) is 5.26 Å². The maximum absolute atomic E-state index is 13.6. The molecule has 5 heteroatoms. The van der Waals surface area contributed by atoms with Crippen LogP contribution in [0.1, 0.15) is 27.0 Å². The van der Waals surface area contributed by atoms with Gasteiger partial charge in [0.2, 0.25) is 5.91 Å². The van der Waals surface area contributed by atoms with Crippen molar-refractivity contribution < 1.29 is 9.18 Å². The Bertz CT molecular complexity index is 690. The van der Waals surface area contributed by atoms with Crippen LogP contribution in [0.2, 0.25) is 0 Å². The summed E-state index contributed by atoms with van der Waals surface area (Å²) in [5, 5.41) is 11.8. The van der Waals surface area contributed by atoms with Crippen LogP contribution in [0, 0.1) is 17.1 Å². The number of carbonyl (C=O) groups is 1. The number of nitrogens with one attached hydrogen (secondary N) is 1. The second-order valence-electron chi connectivity index (χ2n) is 4.58. The number of amides is 1. The fourth-order valence-corrected chi connectivity index (χ4v) is 1.90. The zero-order valence-corrected chi connectivity index (χ0v) is 11.3. The average molecular weight is 283 g/mol. The molecular weight excluding hydrogens is 269 g/mol. The first-order chi connectivity index (χ1) is 10.1. The first-order valence-corrected chi connectivity index (χ1v) is 6.38. The average Bonchev–Trinajstić information content (AvgIpc) is 2.49. The highest BCUT2D eigenvalue weighted by Crippen LogP contribution is 2.11. The first-order valence-electron chi connectivity index (χ1n) is 6.38. The minimum atomic E-state index is -0.580. The first kappa shape index (κ1) is 14.7. The van der Waals surface area contributed by atoms with Crippen molar-refractivity contribution in [1.82, 2.24) is 5.32 Å². The summed E-state index contributed by atoms with van der Waals surface area (Å²) in [6.45, 7) is 0.818. The number of hydrogen-bond donors (Lipinski definition) is 2. The summed E-state index contributed by atoms with van der Waals surface area (Å²) >= 11 is 0. The van der Waals surface area contributed by atoms with E-state index in [0.717, 1.165) is 5.56 Å². The monoisotopic (exact) mass is 283 g/mol. The van der Waals surface area contributed by atoms with Gasteiger partial charge in [-0.2, -0.15) is 5.26 Å². The molecule has 0 aromatic heterocycles. The highest BCUT2D eigenvalue weighted by atomic mass is 19.1. The normalized spacial score (nSPS) is 10.1. The Morgan fingerprint density at radius 1 is 1.19 bits per heavy atom. The molecule has 4 nitrogen and oxygen atoms in total. The second kappa shape index (κ2) is 6.64. The fourth-order valence-electron chi connectivity index (χ4n) is 1.90. The van der Waals surface area contributed by atoms with E-state index in [-0.39, 0.29) is 17.9 Å². The van der Waals surface area contributed by atoms with Gasteiger partial charge in [-0.05, 0) is 35.9 Å². The van der Waals surface area contributed by atoms with E-state index in [1.165, 1.54) is 18.2 Å². The molecule has 2 rings (SSSR count). The van der Waals surface area contributed by atoms with E-state index >= 15 is 0 Å². The molecule has 106 valence electrons. The molecule has 0 saturated heterocycles. The number of primary amides is 1. The zero-order valence-electron chi connectivity index (χ0n) is 11.3. The Morgan fingerprint density at radius 2 is 1.90 bits per heavy atom. The van der Waals surface area contributed by atoms with Gasteiger partial charge in [-0.1, -0.05) is 12.1 Å². The SMILES string of the molecule is N#Cc1ccc(CNCc2cc(C(N)=O)ccc2F)cc1. The maximum atomic E-state index is 13.6. The molecule has 0 saturated carbocycles. The highest BCUT2D eigenvalue weighted by molar-refractivity contribution is 5.92. The van der Waals surface area contributed by atoms with Crippen LogP contribution < -0.4 is 11.1 Å². The molecule has 0 aliphatic heterocycles. The summed E-state index contributed by atoms with van der Waals surface area (Å²) in [7, 11) is 0. The van der Waals surface area contributed by atoms with Crippen molar-refractivity contribution in [3.63, 3.8) is 0 Å². The molecule has 0 heterocycles. The molecule has 3 N–H and O–H groups in total. The maximum Gasteiger partial charge on any atom is 0.248 e. The predicted molar refractivity (Wildman–Crippen MR) is 76.6 cm³/mol. The summed E-state index contributed by atoms with van der Waals surface area (Å²) < 4.78 is 13.6. The minimum absolute atomic E-state index is 0.284. The number of nitriles is 1. The van der Waals surface area contributed by atoms with Gasteiger partial charge in [-0.3, -0.25) is 4.79 Å². The van der Waals surface area contributed by atoms with Crippen molar-refractivity contribution in [2.24, 2.45) is 5.73 Å². The third-order valence-corrected chi connectivity index (χ3v) is 3.06. The Morgan fingerprint density at radius 3 is 2.52 bits per heavy atom. The Hall–Kier alpha value is -2.71. The Balaban J connectivity index is 1.98. The van der Waals surface area contributed by atoms with E-state index in [4.69, 9.17) is 11.0 Å². The summed E-state index contributed by atoms with van der Waals surface area (Å²) in [6.07, 6.45) is 0. The fraction of sp³-hybridized carbons (Fsp3) is 0.125. The molecule has 21 heavy (non-hydrogen) atoms. The molecule has 2 aromatic carbocycles. The van der Waals surface area contributed by atoms with Crippen molar-refractivity contribution in [2.45, 2.75) is 13.1 Å². The van der Waals surface area contributed by atoms with Crippen LogP contribution >= 0.6 is 0 Å². The van der Waals surface area contributed by atoms with Crippen LogP contribution in [0.5, 0.6) is 0 Å². The molecule has 1 amide bonds. The van der Waals surface area contributed by atoms with Gasteiger partial charge in [0.25, 0.3) is 0 Å². The number of carbonyl (C=O) groups excluding carboxylic acids is 1. The van der Waals surface area contributed by atoms with E-state index < -0.39 is 5.91 Å². The number of halogens is 1. The molecule has 0 radical (unpaired) electrons. The molecular formula is C16H14FN3O. The van der Waals surface area contributed by atoms with Gasteiger partial charge in [-0.25, -0.2) is 4.39 Å². The summed E-state index contributed by atoms with van der Waals surface area (Å²) in [5.74, 6) is -0.962. The highest BCUT2D eigenvalue weighted by Gasteiger charge is 2.06. The van der Waals surface area contributed by atoms with Gasteiger partial charge in [0, 0.05) is 24.2 Å². The quantitative estimate of drug-likeness (QED) is 0.881. The second-order valence-corrected chi connectivity index (χ2v) is 4.58. The number of benzene rings is 2. The largest absolute Gasteiger partial charge is 0.366 e. The number of hydrogen-bond acceptors (Lipinski definition) is 3. The number of rotatable bonds is 5. The van der Waals surface area contributed by atoms with Gasteiger partial charge in [0.1, 0.15) is 5.82 Å². The lowest BCUT2D eigenvalue weighted by Gasteiger charge is -2.07. The van der Waals surface area contributed by atoms with Crippen molar-refractivity contribution in [3.8, 4) is 6.07 Å². The Labute approximate surface area is 122 Å². The summed E-state index contributed by atoms with van der Waals surface area (Å²) in [4.78, 5) is 11.1. The van der Waals surface area contributed by atoms with Gasteiger partial charge < -0.3 is 11.1 Å². The summed E-state index contributed by atoms with van der Waals surface area (Å²) in [6, 6.07) is 13.2. The smallest absolute Gasteiger partial charge is 0.248 e. The van der Waals surface area contributed by atoms with Crippen LogP contribution in [0.25, 0.3) is 0 Å². The van der Waals surface area contributed by atoms with Crippen LogP contribution in [0.4, 0.5) is 4.39 Å². The van der Waals surface area contributed by atoms with E-state index in [1.54, 1.807) is 12.1 Å². The predicted octanol–water partition coefficient (Wildman–Crippen LogP) is 2.09. The lowest BCUT2D eigenvalue weighted by molar-refractivity contribution is 0.1000. The molecule has 0 bridgehead atoms. The van der Waals surface area contributed by atoms with Crippen molar-refractivity contribution in [3.05, 3.63) is 70.5 Å².